The fourth-order valence-electron chi connectivity index (χ4n) is 8.67. The van der Waals surface area contributed by atoms with E-state index < -0.39 is 11.9 Å². The highest BCUT2D eigenvalue weighted by atomic mass is 35.5. The molecule has 0 saturated heterocycles. The number of halogens is 1. The molecule has 0 bridgehead atoms. The van der Waals surface area contributed by atoms with Gasteiger partial charge in [-0.25, -0.2) is 4.79 Å². The van der Waals surface area contributed by atoms with E-state index in [9.17, 15) is 39.7 Å². The fraction of sp³-hybridized carbons (Fsp3) is 0.150. The number of carbonyl (C=O) groups excluding carboxylic acids is 2. The Kier molecular flexibility index (Phi) is 18.8. The standard InChI is InChI=1S/C11H9NO4.C10H10ClN.C10H10N2O2.C10H12N2.C10H9NO3.C9H8N2O2/c1-6(13)16-10-5-12-9-3-2-7(11(14)15)4-8(9)10;1-7-6-12-10-3-2-8(5-11)4-9(7)10;1-6-3-8-10(7(2)5-11-8)9(4-6)12(13)14;1-7-6-12-10-3-2-8(5-11)4-9(7)10;1-6(12)14-10-5-11-9-3-2-7(13)4-8(9)10;1-6-5-10-9-3-2-7(11(12)13)4-8(6)9/h2-5,12H,1H3,(H,14,15);2-4,6,12H,5H2,1H3;3-5,11H,1-2H3;2-4,6,12H,5,11H2,1H3;2-5,11,13H,1H3;2-5,10H,1H3. The van der Waals surface area contributed by atoms with Crippen molar-refractivity contribution < 1.29 is 43.9 Å². The molecule has 0 unspecified atom stereocenters. The quantitative estimate of drug-likeness (QED) is 0.0311. The van der Waals surface area contributed by atoms with E-state index in [2.05, 4.69) is 74.1 Å². The zero-order valence-corrected chi connectivity index (χ0v) is 45.9. The molecule has 0 aliphatic rings. The summed E-state index contributed by atoms with van der Waals surface area (Å²) >= 11 is 5.74. The van der Waals surface area contributed by atoms with Crippen LogP contribution in [0.25, 0.3) is 65.4 Å². The number of benzene rings is 6. The minimum Gasteiger partial charge on any atom is -0.508 e. The summed E-state index contributed by atoms with van der Waals surface area (Å²) in [7, 11) is 0. The first-order valence-corrected chi connectivity index (χ1v) is 25.5. The molecule has 0 saturated carbocycles. The van der Waals surface area contributed by atoms with Crippen molar-refractivity contribution in [3.05, 3.63) is 205 Å². The molecule has 10 N–H and O–H groups in total. The number of aromatic nitrogens is 6. The van der Waals surface area contributed by atoms with Gasteiger partial charge in [0.25, 0.3) is 11.4 Å². The number of nitrogens with zero attached hydrogens (tertiary/aromatic N) is 2. The first-order chi connectivity index (χ1) is 38.6. The van der Waals surface area contributed by atoms with Crippen molar-refractivity contribution in [1.29, 1.82) is 0 Å². The van der Waals surface area contributed by atoms with Crippen LogP contribution in [0.5, 0.6) is 17.2 Å². The number of aromatic carboxylic acids is 1. The number of H-pyrrole nitrogens is 6. The molecular formula is C60H58ClN9O11. The van der Waals surface area contributed by atoms with Gasteiger partial charge in [0.2, 0.25) is 0 Å². The first kappa shape index (κ1) is 58.5. The number of alkyl halides is 1. The third kappa shape index (κ3) is 14.5. The lowest BCUT2D eigenvalue weighted by Crippen LogP contribution is -2.01. The van der Waals surface area contributed by atoms with Gasteiger partial charge >= 0.3 is 17.9 Å². The van der Waals surface area contributed by atoms with Gasteiger partial charge < -0.3 is 55.3 Å². The van der Waals surface area contributed by atoms with Crippen LogP contribution in [0.2, 0.25) is 0 Å². The Morgan fingerprint density at radius 2 is 0.975 bits per heavy atom. The lowest BCUT2D eigenvalue weighted by molar-refractivity contribution is -0.384. The van der Waals surface area contributed by atoms with Crippen LogP contribution in [-0.4, -0.2) is 67.9 Å². The topological polar surface area (TPSA) is 317 Å². The number of phenols is 1. The number of hydrogen-bond acceptors (Lipinski definition) is 11. The molecule has 0 spiro atoms. The van der Waals surface area contributed by atoms with E-state index >= 15 is 0 Å². The molecule has 81 heavy (non-hydrogen) atoms. The van der Waals surface area contributed by atoms with Crippen molar-refractivity contribution in [1.82, 2.24) is 29.9 Å². The lowest BCUT2D eigenvalue weighted by atomic mass is 10.1. The van der Waals surface area contributed by atoms with E-state index in [-0.39, 0.29) is 38.5 Å². The number of nitro groups is 2. The maximum absolute atomic E-state index is 10.8. The van der Waals surface area contributed by atoms with Crippen LogP contribution in [0.15, 0.2) is 140 Å². The third-order valence-electron chi connectivity index (χ3n) is 12.7. The summed E-state index contributed by atoms with van der Waals surface area (Å²) in [6, 6.07) is 30.2. The van der Waals surface area contributed by atoms with Gasteiger partial charge in [0.15, 0.2) is 11.5 Å². The second-order valence-electron chi connectivity index (χ2n) is 18.7. The lowest BCUT2D eigenvalue weighted by Gasteiger charge is -1.99. The van der Waals surface area contributed by atoms with Gasteiger partial charge in [0.05, 0.1) is 26.3 Å². The number of esters is 2. The van der Waals surface area contributed by atoms with Crippen molar-refractivity contribution in [3.8, 4) is 17.2 Å². The molecule has 0 atom stereocenters. The van der Waals surface area contributed by atoms with E-state index in [4.69, 9.17) is 31.9 Å². The molecule has 12 aromatic rings. The highest BCUT2D eigenvalue weighted by molar-refractivity contribution is 6.17. The number of carboxylic acids is 1. The Labute approximate surface area is 467 Å². The molecule has 21 heteroatoms. The Balaban J connectivity index is 0.000000141. The van der Waals surface area contributed by atoms with E-state index in [1.165, 1.54) is 82.3 Å². The average Bonchev–Trinajstić information content (AvgIpc) is 4.35. The van der Waals surface area contributed by atoms with Crippen molar-refractivity contribution >= 4 is 106 Å². The molecule has 6 aromatic heterocycles. The number of nitrogens with one attached hydrogen (secondary N) is 6. The molecule has 12 rings (SSSR count). The monoisotopic (exact) mass is 1120 g/mol. The Morgan fingerprint density at radius 1 is 0.531 bits per heavy atom. The number of ether oxygens (including phenoxy) is 2. The van der Waals surface area contributed by atoms with Crippen LogP contribution in [-0.2, 0) is 22.0 Å². The number of fused-ring (bicyclic) bond motifs is 6. The number of carboxylic acid groups (broad SMARTS) is 1. The SMILES string of the molecule is CC(=O)Oc1c[nH]c2ccc(C(=O)O)cc12.CC(=O)Oc1c[nH]c2ccc(O)cc12.Cc1c[nH]c2ccc(CCl)cc12.Cc1c[nH]c2ccc(CN)cc12.Cc1c[nH]c2ccc([N+](=O)[O-])cc12.Cc1cc([N+](=O)[O-])c2c(C)c[nH]c2c1. The van der Waals surface area contributed by atoms with Crippen molar-refractivity contribution in [2.75, 3.05) is 0 Å². The number of phenolic OH excluding ortho intramolecular Hbond substituents is 1. The molecule has 6 heterocycles. The van der Waals surface area contributed by atoms with Crippen molar-refractivity contribution in [2.45, 2.75) is 60.9 Å². The Bertz CT molecular complexity index is 4180. The van der Waals surface area contributed by atoms with Crippen LogP contribution in [0.3, 0.4) is 0 Å². The van der Waals surface area contributed by atoms with E-state index in [1.807, 2.05) is 51.5 Å². The minimum atomic E-state index is -1.02. The summed E-state index contributed by atoms with van der Waals surface area (Å²) in [4.78, 5) is 71.2. The zero-order chi connectivity index (χ0) is 58.7. The molecule has 0 radical (unpaired) electrons. The molecule has 416 valence electrons. The van der Waals surface area contributed by atoms with Gasteiger partial charge in [-0.1, -0.05) is 12.1 Å². The number of aromatic amines is 6. The fourth-order valence-corrected chi connectivity index (χ4v) is 8.84. The summed E-state index contributed by atoms with van der Waals surface area (Å²) in [5.74, 6) is -0.340. The number of carbonyl (C=O) groups is 3. The Morgan fingerprint density at radius 3 is 1.48 bits per heavy atom. The molecule has 6 aromatic carbocycles. The summed E-state index contributed by atoms with van der Waals surface area (Å²) in [5, 5.41) is 44.8. The highest BCUT2D eigenvalue weighted by Gasteiger charge is 2.16. The molecule has 0 fully saturated rings. The summed E-state index contributed by atoms with van der Waals surface area (Å²) in [5.41, 5.74) is 19.4. The van der Waals surface area contributed by atoms with Crippen LogP contribution < -0.4 is 15.2 Å². The maximum Gasteiger partial charge on any atom is 0.335 e. The normalized spacial score (nSPS) is 10.6. The summed E-state index contributed by atoms with van der Waals surface area (Å²) in [6.07, 6.45) is 10.8. The number of aryl methyl sites for hydroxylation is 5. The van der Waals surface area contributed by atoms with Gasteiger partial charge in [-0.3, -0.25) is 29.8 Å². The van der Waals surface area contributed by atoms with Gasteiger partial charge in [0, 0.05) is 136 Å². The number of rotatable bonds is 7. The molecule has 0 aliphatic carbocycles. The van der Waals surface area contributed by atoms with Crippen LogP contribution in [0.1, 0.15) is 63.1 Å². The average molecular weight is 1120 g/mol. The third-order valence-corrected chi connectivity index (χ3v) is 13.0. The largest absolute Gasteiger partial charge is 0.508 e. The predicted molar refractivity (Wildman–Crippen MR) is 315 cm³/mol. The number of non-ortho nitro benzene ring substituents is 2. The van der Waals surface area contributed by atoms with E-state index in [0.29, 0.717) is 40.1 Å². The van der Waals surface area contributed by atoms with E-state index in [0.717, 1.165) is 44.1 Å². The molecular weight excluding hydrogens is 1060 g/mol. The second-order valence-corrected chi connectivity index (χ2v) is 19.0. The Hall–Kier alpha value is -10.2. The number of hydrogen-bond donors (Lipinski definition) is 9. The summed E-state index contributed by atoms with van der Waals surface area (Å²) < 4.78 is 9.88. The second kappa shape index (κ2) is 26.0. The van der Waals surface area contributed by atoms with Gasteiger partial charge in [0.1, 0.15) is 5.75 Å². The predicted octanol–water partition coefficient (Wildman–Crippen LogP) is 13.8. The smallest absolute Gasteiger partial charge is 0.335 e. The van der Waals surface area contributed by atoms with Gasteiger partial charge in [-0.2, -0.15) is 0 Å². The minimum absolute atomic E-state index is 0.134. The zero-order valence-electron chi connectivity index (χ0n) is 45.1. The number of nitrogens with two attached hydrogens (primary N) is 1. The molecule has 0 aliphatic heterocycles. The van der Waals surface area contributed by atoms with Crippen molar-refractivity contribution in [3.63, 3.8) is 0 Å². The molecule has 0 amide bonds. The molecule has 20 nitrogen and oxygen atoms in total. The van der Waals surface area contributed by atoms with Gasteiger partial charge in [-0.15, -0.1) is 11.6 Å². The van der Waals surface area contributed by atoms with Crippen LogP contribution in [0, 0.1) is 54.8 Å². The number of nitro benzene ring substituents is 2. The van der Waals surface area contributed by atoms with Crippen LogP contribution in [0.4, 0.5) is 11.4 Å². The van der Waals surface area contributed by atoms with Gasteiger partial charge in [-0.05, 0) is 146 Å². The number of aromatic hydroxyl groups is 1. The van der Waals surface area contributed by atoms with Crippen LogP contribution >= 0.6 is 11.6 Å². The first-order valence-electron chi connectivity index (χ1n) is 25.0. The highest BCUT2D eigenvalue weighted by Crippen LogP contribution is 2.31. The van der Waals surface area contributed by atoms with Crippen molar-refractivity contribution in [2.24, 2.45) is 5.73 Å². The summed E-state index contributed by atoms with van der Waals surface area (Å²) in [6.45, 7) is 13.1. The maximum atomic E-state index is 10.8. The van der Waals surface area contributed by atoms with E-state index in [1.54, 1.807) is 54.9 Å².